The third-order valence-corrected chi connectivity index (χ3v) is 9.10. The number of allylic oxidation sites excluding steroid dienone is 3. The van der Waals surface area contributed by atoms with E-state index in [2.05, 4.69) is 37.8 Å². The van der Waals surface area contributed by atoms with Crippen molar-refractivity contribution in [3.05, 3.63) is 71.8 Å². The predicted octanol–water partition coefficient (Wildman–Crippen LogP) is 5.45. The zero-order chi connectivity index (χ0) is 22.5. The maximum atomic E-state index is 13.2. The van der Waals surface area contributed by atoms with Gasteiger partial charge in [-0.1, -0.05) is 43.3 Å². The van der Waals surface area contributed by atoms with Gasteiger partial charge in [0.15, 0.2) is 0 Å². The first-order valence-corrected chi connectivity index (χ1v) is 12.3. The number of ketones is 1. The van der Waals surface area contributed by atoms with Gasteiger partial charge in [0.1, 0.15) is 17.5 Å². The number of fused-ring (bicyclic) bond motifs is 5. The van der Waals surface area contributed by atoms with E-state index in [4.69, 9.17) is 4.74 Å². The van der Waals surface area contributed by atoms with Crippen LogP contribution in [0.1, 0.15) is 51.0 Å². The van der Waals surface area contributed by atoms with Crippen molar-refractivity contribution >= 4 is 5.78 Å². The molecule has 32 heavy (non-hydrogen) atoms. The number of hydrogen-bond donors (Lipinski definition) is 1. The molecule has 4 aliphatic rings. The standard InChI is InChI=1S/C29H36O3/c1-4-8-20-15-25-23-12-11-21-18-29(31,17-19-9-6-5-7-10-19)26(32-3)16-24(21)22(23)13-14-28(25,2)27(20)30/h4-7,9-10,16,18,20,22-23,25-26,31H,1,8,11-15,17H2,2-3H3/t20-,22+,23-,25+,26?,28+,29?/m1/s1. The van der Waals surface area contributed by atoms with E-state index in [-0.39, 0.29) is 17.4 Å². The van der Waals surface area contributed by atoms with E-state index in [1.165, 1.54) is 11.1 Å². The van der Waals surface area contributed by atoms with Crippen molar-refractivity contribution in [1.29, 1.82) is 0 Å². The van der Waals surface area contributed by atoms with E-state index in [1.807, 2.05) is 24.3 Å². The molecule has 7 atom stereocenters. The molecule has 1 N–H and O–H groups in total. The predicted molar refractivity (Wildman–Crippen MR) is 127 cm³/mol. The summed E-state index contributed by atoms with van der Waals surface area (Å²) in [5.74, 6) is 2.12. The summed E-state index contributed by atoms with van der Waals surface area (Å²) < 4.78 is 5.84. The average molecular weight is 433 g/mol. The number of Topliss-reactive ketones (excluding diaryl/α,β-unsaturated/α-hetero) is 1. The highest BCUT2D eigenvalue weighted by atomic mass is 16.5. The molecule has 4 aliphatic carbocycles. The van der Waals surface area contributed by atoms with E-state index >= 15 is 0 Å². The van der Waals surface area contributed by atoms with Gasteiger partial charge >= 0.3 is 0 Å². The van der Waals surface area contributed by atoms with Crippen molar-refractivity contribution in [3.8, 4) is 0 Å². The zero-order valence-electron chi connectivity index (χ0n) is 19.4. The first-order chi connectivity index (χ1) is 15.4. The quantitative estimate of drug-likeness (QED) is 0.630. The van der Waals surface area contributed by atoms with Crippen molar-refractivity contribution in [2.75, 3.05) is 7.11 Å². The highest BCUT2D eigenvalue weighted by Crippen LogP contribution is 2.61. The van der Waals surface area contributed by atoms with Crippen LogP contribution in [0.3, 0.4) is 0 Å². The molecule has 0 saturated heterocycles. The monoisotopic (exact) mass is 432 g/mol. The van der Waals surface area contributed by atoms with Gasteiger partial charge in [-0.3, -0.25) is 4.79 Å². The summed E-state index contributed by atoms with van der Waals surface area (Å²) in [6.45, 7) is 6.12. The molecule has 3 saturated carbocycles. The van der Waals surface area contributed by atoms with Crippen molar-refractivity contribution in [1.82, 2.24) is 0 Å². The number of aliphatic hydroxyl groups is 1. The molecule has 1 aromatic rings. The van der Waals surface area contributed by atoms with Crippen LogP contribution >= 0.6 is 0 Å². The maximum Gasteiger partial charge on any atom is 0.142 e. The van der Waals surface area contributed by atoms with E-state index < -0.39 is 5.60 Å². The molecule has 0 aromatic heterocycles. The highest BCUT2D eigenvalue weighted by Gasteiger charge is 2.58. The fourth-order valence-corrected chi connectivity index (χ4v) is 7.55. The molecule has 0 aliphatic heterocycles. The highest BCUT2D eigenvalue weighted by molar-refractivity contribution is 5.89. The van der Waals surface area contributed by atoms with Crippen LogP contribution in [0, 0.1) is 29.1 Å². The van der Waals surface area contributed by atoms with Gasteiger partial charge < -0.3 is 9.84 Å². The first-order valence-electron chi connectivity index (χ1n) is 12.3. The van der Waals surface area contributed by atoms with Crippen LogP contribution in [0.2, 0.25) is 0 Å². The minimum absolute atomic E-state index is 0.154. The zero-order valence-corrected chi connectivity index (χ0v) is 19.4. The molecular formula is C29H36O3. The van der Waals surface area contributed by atoms with Crippen LogP contribution in [-0.2, 0) is 16.0 Å². The number of carbonyl (C=O) groups is 1. The van der Waals surface area contributed by atoms with Gasteiger partial charge in [-0.15, -0.1) is 6.58 Å². The summed E-state index contributed by atoms with van der Waals surface area (Å²) >= 11 is 0. The van der Waals surface area contributed by atoms with Gasteiger partial charge in [0.2, 0.25) is 0 Å². The third kappa shape index (κ3) is 3.36. The third-order valence-electron chi connectivity index (χ3n) is 9.10. The topological polar surface area (TPSA) is 46.5 Å². The van der Waals surface area contributed by atoms with E-state index in [0.717, 1.165) is 44.1 Å². The minimum Gasteiger partial charge on any atom is -0.382 e. The average Bonchev–Trinajstić information content (AvgIpc) is 3.04. The molecule has 0 spiro atoms. The normalized spacial score (nSPS) is 40.6. The molecule has 170 valence electrons. The summed E-state index contributed by atoms with van der Waals surface area (Å²) in [6, 6.07) is 10.2. The Bertz CT molecular complexity index is 960. The molecule has 3 fully saturated rings. The van der Waals surface area contributed by atoms with E-state index in [9.17, 15) is 9.90 Å². The van der Waals surface area contributed by atoms with Crippen LogP contribution in [0.4, 0.5) is 0 Å². The Morgan fingerprint density at radius 2 is 2.03 bits per heavy atom. The van der Waals surface area contributed by atoms with Crippen molar-refractivity contribution < 1.29 is 14.6 Å². The second kappa shape index (κ2) is 8.11. The Morgan fingerprint density at radius 1 is 1.25 bits per heavy atom. The Kier molecular flexibility index (Phi) is 5.54. The number of hydrogen-bond acceptors (Lipinski definition) is 3. The van der Waals surface area contributed by atoms with Gasteiger partial charge in [0.05, 0.1) is 0 Å². The van der Waals surface area contributed by atoms with Crippen LogP contribution in [-0.4, -0.2) is 29.7 Å². The molecule has 0 heterocycles. The van der Waals surface area contributed by atoms with Crippen LogP contribution in [0.5, 0.6) is 0 Å². The minimum atomic E-state index is -1.02. The van der Waals surface area contributed by atoms with E-state index in [1.54, 1.807) is 7.11 Å². The number of ether oxygens (including phenoxy) is 1. The molecule has 2 unspecified atom stereocenters. The summed E-state index contributed by atoms with van der Waals surface area (Å²) in [6.07, 6.45) is 12.4. The number of methoxy groups -OCH3 is 1. The molecule has 5 rings (SSSR count). The molecule has 0 amide bonds. The lowest BCUT2D eigenvalue weighted by Gasteiger charge is -2.51. The summed E-state index contributed by atoms with van der Waals surface area (Å²) in [5, 5.41) is 11.6. The summed E-state index contributed by atoms with van der Waals surface area (Å²) in [7, 11) is 1.70. The van der Waals surface area contributed by atoms with Gasteiger partial charge in [0, 0.05) is 24.9 Å². The largest absolute Gasteiger partial charge is 0.382 e. The summed E-state index contributed by atoms with van der Waals surface area (Å²) in [4.78, 5) is 13.2. The van der Waals surface area contributed by atoms with Gasteiger partial charge in [0.25, 0.3) is 0 Å². The number of carbonyl (C=O) groups excluding carboxylic acids is 1. The molecule has 1 aromatic carbocycles. The fraction of sp³-hybridized carbons (Fsp3) is 0.552. The lowest BCUT2D eigenvalue weighted by molar-refractivity contribution is -0.132. The molecule has 3 heteroatoms. The van der Waals surface area contributed by atoms with Crippen molar-refractivity contribution in [2.24, 2.45) is 29.1 Å². The van der Waals surface area contributed by atoms with E-state index in [0.29, 0.717) is 30.0 Å². The maximum absolute atomic E-state index is 13.2. The molecular weight excluding hydrogens is 396 g/mol. The Balaban J connectivity index is 1.43. The fourth-order valence-electron chi connectivity index (χ4n) is 7.55. The van der Waals surface area contributed by atoms with Crippen LogP contribution in [0.25, 0.3) is 0 Å². The molecule has 3 nitrogen and oxygen atoms in total. The van der Waals surface area contributed by atoms with Gasteiger partial charge in [-0.05, 0) is 85.1 Å². The van der Waals surface area contributed by atoms with Crippen LogP contribution < -0.4 is 0 Å². The SMILES string of the molecule is C=CC[C@@H]1C[C@H]2[C@@H]3CCC4=CC(O)(Cc5ccccc5)C(OC)C=C4[C@H]3CC[C@]2(C)C1=O. The second-order valence-electron chi connectivity index (χ2n) is 10.8. The first kappa shape index (κ1) is 21.9. The van der Waals surface area contributed by atoms with Crippen molar-refractivity contribution in [2.45, 2.75) is 63.6 Å². The van der Waals surface area contributed by atoms with Gasteiger partial charge in [-0.25, -0.2) is 0 Å². The summed E-state index contributed by atoms with van der Waals surface area (Å²) in [5.41, 5.74) is 2.61. The molecule has 0 radical (unpaired) electrons. The Labute approximate surface area is 192 Å². The lowest BCUT2D eigenvalue weighted by Crippen LogP contribution is -2.48. The Hall–Kier alpha value is -1.97. The smallest absolute Gasteiger partial charge is 0.142 e. The van der Waals surface area contributed by atoms with Crippen LogP contribution in [0.15, 0.2) is 66.3 Å². The Morgan fingerprint density at radius 3 is 2.75 bits per heavy atom. The van der Waals surface area contributed by atoms with Gasteiger partial charge in [-0.2, -0.15) is 0 Å². The lowest BCUT2D eigenvalue weighted by atomic mass is 9.54. The second-order valence-corrected chi connectivity index (χ2v) is 10.8. The number of benzene rings is 1. The van der Waals surface area contributed by atoms with Crippen molar-refractivity contribution in [3.63, 3.8) is 0 Å². The number of rotatable bonds is 5. The molecule has 0 bridgehead atoms.